The molecule has 11 heteroatoms. The second-order valence-corrected chi connectivity index (χ2v) is 9.21. The molecule has 1 fully saturated rings. The van der Waals surface area contributed by atoms with Crippen LogP contribution in [0.4, 0.5) is 4.39 Å². The number of nitrogens with two attached hydrogens (primary N) is 1. The van der Waals surface area contributed by atoms with Gasteiger partial charge in [0.15, 0.2) is 15.7 Å². The molecule has 8 nitrogen and oxygen atoms in total. The largest absolute Gasteiger partial charge is 0.341 e. The van der Waals surface area contributed by atoms with Crippen molar-refractivity contribution in [3.8, 4) is 11.4 Å². The molecule has 3 rings (SSSR count). The first-order valence-electron chi connectivity index (χ1n) is 7.82. The van der Waals surface area contributed by atoms with Gasteiger partial charge in [-0.2, -0.15) is 0 Å². The van der Waals surface area contributed by atoms with E-state index in [2.05, 4.69) is 10.2 Å². The van der Waals surface area contributed by atoms with Crippen LogP contribution in [-0.4, -0.2) is 64.4 Å². The van der Waals surface area contributed by atoms with Gasteiger partial charge < -0.3 is 10.7 Å². The molecular weight excluding hydrogens is 381 g/mol. The zero-order valence-electron chi connectivity index (χ0n) is 14.0. The summed E-state index contributed by atoms with van der Waals surface area (Å²) in [5.41, 5.74) is 0.478. The molecule has 2 N–H and O–H groups in total. The second-order valence-electron chi connectivity index (χ2n) is 6.04. The Bertz CT molecular complexity index is 931. The number of hydrogen-bond acceptors (Lipinski definition) is 7. The average Bonchev–Trinajstić information content (AvgIpc) is 3.14. The Kier molecular flexibility index (Phi) is 5.19. The summed E-state index contributed by atoms with van der Waals surface area (Å²) in [4.78, 5) is 13.8. The van der Waals surface area contributed by atoms with Crippen LogP contribution in [0.1, 0.15) is 6.42 Å². The average molecular weight is 399 g/mol. The summed E-state index contributed by atoms with van der Waals surface area (Å²) in [6.07, 6.45) is 0.450. The van der Waals surface area contributed by atoms with E-state index < -0.39 is 15.7 Å². The topological polar surface area (TPSA) is 111 Å². The van der Waals surface area contributed by atoms with Crippen LogP contribution in [0.15, 0.2) is 29.4 Å². The molecule has 1 aromatic carbocycles. The zero-order chi connectivity index (χ0) is 18.9. The van der Waals surface area contributed by atoms with Gasteiger partial charge in [0.05, 0.1) is 17.3 Å². The normalized spacial score (nSPS) is 18.8. The Morgan fingerprint density at radius 3 is 2.88 bits per heavy atom. The van der Waals surface area contributed by atoms with E-state index in [-0.39, 0.29) is 35.0 Å². The van der Waals surface area contributed by atoms with Gasteiger partial charge in [0.2, 0.25) is 11.1 Å². The molecule has 1 saturated heterocycles. The number of amides is 1. The van der Waals surface area contributed by atoms with Crippen molar-refractivity contribution in [1.29, 1.82) is 0 Å². The highest BCUT2D eigenvalue weighted by Gasteiger charge is 2.32. The molecule has 0 aliphatic carbocycles. The van der Waals surface area contributed by atoms with E-state index in [1.54, 1.807) is 19.2 Å². The molecule has 0 saturated carbocycles. The van der Waals surface area contributed by atoms with Crippen LogP contribution in [0.5, 0.6) is 0 Å². The van der Waals surface area contributed by atoms with Gasteiger partial charge in [0.25, 0.3) is 0 Å². The Hall–Kier alpha value is -2.14. The third-order valence-electron chi connectivity index (χ3n) is 4.22. The summed E-state index contributed by atoms with van der Waals surface area (Å²) in [7, 11) is -1.46. The number of benzene rings is 1. The van der Waals surface area contributed by atoms with Crippen LogP contribution >= 0.6 is 11.8 Å². The number of halogens is 1. The van der Waals surface area contributed by atoms with E-state index in [4.69, 9.17) is 5.84 Å². The van der Waals surface area contributed by atoms with Crippen molar-refractivity contribution in [3.63, 3.8) is 0 Å². The van der Waals surface area contributed by atoms with Crippen molar-refractivity contribution in [2.24, 2.45) is 0 Å². The van der Waals surface area contributed by atoms with Gasteiger partial charge in [-0.25, -0.2) is 17.5 Å². The third kappa shape index (κ3) is 3.98. The lowest BCUT2D eigenvalue weighted by molar-refractivity contribution is -0.128. The summed E-state index contributed by atoms with van der Waals surface area (Å²) in [6, 6.07) is 5.51. The van der Waals surface area contributed by atoms with E-state index in [9.17, 15) is 17.6 Å². The Balaban J connectivity index is 1.64. The highest BCUT2D eigenvalue weighted by Crippen LogP contribution is 2.23. The molecular formula is C15H18FN5O3S2. The summed E-state index contributed by atoms with van der Waals surface area (Å²) in [5, 5.41) is 8.19. The number of rotatable bonds is 5. The fraction of sp³-hybridized carbons (Fsp3) is 0.400. The van der Waals surface area contributed by atoms with Gasteiger partial charge >= 0.3 is 0 Å². The van der Waals surface area contributed by atoms with E-state index in [0.29, 0.717) is 17.1 Å². The molecule has 26 heavy (non-hydrogen) atoms. The maximum Gasteiger partial charge on any atom is 0.233 e. The predicted molar refractivity (Wildman–Crippen MR) is 96.1 cm³/mol. The van der Waals surface area contributed by atoms with E-state index in [1.165, 1.54) is 21.7 Å². The van der Waals surface area contributed by atoms with Crippen molar-refractivity contribution >= 4 is 27.5 Å². The summed E-state index contributed by atoms with van der Waals surface area (Å²) in [6.45, 7) is 0. The fourth-order valence-corrected chi connectivity index (χ4v) is 5.27. The van der Waals surface area contributed by atoms with Gasteiger partial charge in [0, 0.05) is 18.7 Å². The third-order valence-corrected chi connectivity index (χ3v) is 6.90. The zero-order valence-corrected chi connectivity index (χ0v) is 15.6. The predicted octanol–water partition coefficient (Wildman–Crippen LogP) is 0.536. The number of carbonyl (C=O) groups excluding carboxylic acids is 1. The van der Waals surface area contributed by atoms with E-state index >= 15 is 0 Å². The molecule has 0 spiro atoms. The van der Waals surface area contributed by atoms with Gasteiger partial charge in [-0.3, -0.25) is 4.79 Å². The summed E-state index contributed by atoms with van der Waals surface area (Å²) in [5.74, 6) is 5.76. The Morgan fingerprint density at radius 2 is 2.23 bits per heavy atom. The monoisotopic (exact) mass is 399 g/mol. The Labute approximate surface area is 154 Å². The molecule has 1 amide bonds. The minimum Gasteiger partial charge on any atom is -0.341 e. The highest BCUT2D eigenvalue weighted by atomic mass is 32.2. The molecule has 2 aromatic rings. The van der Waals surface area contributed by atoms with Gasteiger partial charge in [-0.1, -0.05) is 23.9 Å². The van der Waals surface area contributed by atoms with E-state index in [1.807, 2.05) is 0 Å². The first kappa shape index (κ1) is 18.6. The van der Waals surface area contributed by atoms with Crippen LogP contribution in [0, 0.1) is 5.82 Å². The number of sulfone groups is 1. The molecule has 140 valence electrons. The molecule has 2 heterocycles. The van der Waals surface area contributed by atoms with Crippen LogP contribution < -0.4 is 5.84 Å². The van der Waals surface area contributed by atoms with Crippen molar-refractivity contribution in [3.05, 3.63) is 30.1 Å². The standard InChI is InChI=1S/C15H18FN5O3S2/c1-20(12-5-6-26(23,24)9-12)13(22)8-25-15-19-18-14(21(15)17)10-3-2-4-11(16)7-10/h2-4,7,12H,5-6,8-9,17H2,1H3/t12-/m0/s1. The van der Waals surface area contributed by atoms with Crippen LogP contribution in [0.25, 0.3) is 11.4 Å². The number of carbonyl (C=O) groups is 1. The number of nitrogen functional groups attached to an aromatic ring is 1. The quantitative estimate of drug-likeness (QED) is 0.577. The first-order chi connectivity index (χ1) is 12.3. The van der Waals surface area contributed by atoms with Gasteiger partial charge in [-0.05, 0) is 18.6 Å². The maximum absolute atomic E-state index is 13.3. The van der Waals surface area contributed by atoms with Crippen molar-refractivity contribution in [2.75, 3.05) is 30.1 Å². The number of thioether (sulfide) groups is 1. The van der Waals surface area contributed by atoms with E-state index in [0.717, 1.165) is 11.8 Å². The molecule has 0 unspecified atom stereocenters. The van der Waals surface area contributed by atoms with Crippen molar-refractivity contribution in [1.82, 2.24) is 19.8 Å². The molecule has 0 bridgehead atoms. The molecule has 0 radical (unpaired) electrons. The number of aromatic nitrogens is 3. The first-order valence-corrected chi connectivity index (χ1v) is 10.6. The van der Waals surface area contributed by atoms with Crippen LogP contribution in [0.3, 0.4) is 0 Å². The van der Waals surface area contributed by atoms with Crippen molar-refractivity contribution < 1.29 is 17.6 Å². The van der Waals surface area contributed by atoms with Gasteiger partial charge in [0.1, 0.15) is 5.82 Å². The number of hydrogen-bond donors (Lipinski definition) is 1. The minimum absolute atomic E-state index is 0.00328. The Morgan fingerprint density at radius 1 is 1.46 bits per heavy atom. The lowest BCUT2D eigenvalue weighted by Gasteiger charge is -2.23. The molecule has 1 aliphatic heterocycles. The molecule has 1 aliphatic rings. The number of nitrogens with zero attached hydrogens (tertiary/aromatic N) is 4. The fourth-order valence-electron chi connectivity index (χ4n) is 2.71. The smallest absolute Gasteiger partial charge is 0.233 e. The van der Waals surface area contributed by atoms with Crippen molar-refractivity contribution in [2.45, 2.75) is 17.6 Å². The van der Waals surface area contributed by atoms with Crippen LogP contribution in [0.2, 0.25) is 0 Å². The summed E-state index contributed by atoms with van der Waals surface area (Å²) < 4.78 is 37.6. The second kappa shape index (κ2) is 7.23. The lowest BCUT2D eigenvalue weighted by atomic mass is 10.2. The highest BCUT2D eigenvalue weighted by molar-refractivity contribution is 7.99. The maximum atomic E-state index is 13.3. The van der Waals surface area contributed by atoms with Crippen LogP contribution in [-0.2, 0) is 14.6 Å². The molecule has 1 atom stereocenters. The minimum atomic E-state index is -3.06. The SMILES string of the molecule is CN(C(=O)CSc1nnc(-c2cccc(F)c2)n1N)[C@H]1CCS(=O)(=O)C1. The van der Waals surface area contributed by atoms with Gasteiger partial charge in [-0.15, -0.1) is 10.2 Å². The summed E-state index contributed by atoms with van der Waals surface area (Å²) >= 11 is 1.09. The molecule has 1 aromatic heterocycles. The lowest BCUT2D eigenvalue weighted by Crippen LogP contribution is -2.38.